The van der Waals surface area contributed by atoms with Crippen molar-refractivity contribution in [2.75, 3.05) is 0 Å². The van der Waals surface area contributed by atoms with Crippen molar-refractivity contribution in [1.82, 2.24) is 0 Å². The van der Waals surface area contributed by atoms with Crippen LogP contribution in [-0.2, 0) is 33.4 Å². The van der Waals surface area contributed by atoms with Crippen LogP contribution in [0.1, 0.15) is 61.3 Å². The van der Waals surface area contributed by atoms with Crippen LogP contribution < -0.4 is 0 Å². The zero-order chi connectivity index (χ0) is 25.7. The van der Waals surface area contributed by atoms with Gasteiger partial charge in [-0.1, -0.05) is 33.4 Å². The Balaban J connectivity index is 2.22. The molecule has 0 radical (unpaired) electrons. The number of rotatable bonds is 3. The predicted molar refractivity (Wildman–Crippen MR) is 122 cm³/mol. The molecule has 34 heavy (non-hydrogen) atoms. The van der Waals surface area contributed by atoms with E-state index in [-0.39, 0.29) is 29.2 Å². The highest BCUT2D eigenvalue weighted by Crippen LogP contribution is 2.62. The summed E-state index contributed by atoms with van der Waals surface area (Å²) in [5.41, 5.74) is -1.46. The van der Waals surface area contributed by atoms with Crippen molar-refractivity contribution in [2.45, 2.75) is 85.2 Å². The Morgan fingerprint density at radius 3 is 2.15 bits per heavy atom. The van der Waals surface area contributed by atoms with Gasteiger partial charge in [0.05, 0.1) is 5.92 Å². The maximum Gasteiger partial charge on any atom is 0.303 e. The van der Waals surface area contributed by atoms with Crippen LogP contribution in [0.3, 0.4) is 0 Å². The Kier molecular flexibility index (Phi) is 6.88. The van der Waals surface area contributed by atoms with Crippen molar-refractivity contribution in [2.24, 2.45) is 29.1 Å². The van der Waals surface area contributed by atoms with Crippen LogP contribution in [0.2, 0.25) is 0 Å². The summed E-state index contributed by atoms with van der Waals surface area (Å²) in [5, 5.41) is 11.9. The smallest absolute Gasteiger partial charge is 0.303 e. The standard InChI is InChI=1S/C26H36O8/c1-12-9-18-19(25(18,7)8)10-20(32-15(4)27)14(3)23(34-17(6)29)21-22(33-16(5)28)13(2)11-26(21,31)24(12)30/h9,13,18-23,31H,3,10-11H2,1-2,4-8H3/b12-9+/t13-,18+,19-,20+,21+,22-,23-,26+/m0/s1. The van der Waals surface area contributed by atoms with Crippen LogP contribution in [0.15, 0.2) is 23.8 Å². The predicted octanol–water partition coefficient (Wildman–Crippen LogP) is 2.92. The van der Waals surface area contributed by atoms with Gasteiger partial charge in [-0.3, -0.25) is 19.2 Å². The lowest BCUT2D eigenvalue weighted by atomic mass is 9.76. The Bertz CT molecular complexity index is 946. The topological polar surface area (TPSA) is 116 Å². The molecule has 0 amide bonds. The number of carbonyl (C=O) groups is 4. The fourth-order valence-electron chi connectivity index (χ4n) is 6.12. The summed E-state index contributed by atoms with van der Waals surface area (Å²) in [7, 11) is 0. The molecule has 188 valence electrons. The monoisotopic (exact) mass is 476 g/mol. The number of ether oxygens (including phenoxy) is 3. The van der Waals surface area contributed by atoms with Crippen LogP contribution in [-0.4, -0.2) is 52.7 Å². The van der Waals surface area contributed by atoms with E-state index in [0.717, 1.165) is 0 Å². The summed E-state index contributed by atoms with van der Waals surface area (Å²) in [5.74, 6) is -3.63. The number of esters is 3. The van der Waals surface area contributed by atoms with E-state index in [4.69, 9.17) is 14.2 Å². The summed E-state index contributed by atoms with van der Waals surface area (Å²) in [4.78, 5) is 49.8. The van der Waals surface area contributed by atoms with Crippen molar-refractivity contribution in [3.05, 3.63) is 23.8 Å². The molecule has 3 aliphatic rings. The molecule has 0 spiro atoms. The zero-order valence-corrected chi connectivity index (χ0v) is 21.0. The van der Waals surface area contributed by atoms with Gasteiger partial charge in [-0.15, -0.1) is 0 Å². The Labute approximate surface area is 200 Å². The lowest BCUT2D eigenvalue weighted by Crippen LogP contribution is -2.53. The minimum atomic E-state index is -1.97. The van der Waals surface area contributed by atoms with Crippen molar-refractivity contribution in [1.29, 1.82) is 0 Å². The number of hydrogen-bond acceptors (Lipinski definition) is 8. The largest absolute Gasteiger partial charge is 0.462 e. The van der Waals surface area contributed by atoms with E-state index >= 15 is 0 Å². The van der Waals surface area contributed by atoms with Gasteiger partial charge in [0.2, 0.25) is 0 Å². The number of aliphatic hydroxyl groups is 1. The lowest BCUT2D eigenvalue weighted by molar-refractivity contribution is -0.170. The van der Waals surface area contributed by atoms with Gasteiger partial charge >= 0.3 is 17.9 Å². The Morgan fingerprint density at radius 1 is 1.06 bits per heavy atom. The van der Waals surface area contributed by atoms with E-state index in [9.17, 15) is 24.3 Å². The minimum absolute atomic E-state index is 0.0143. The van der Waals surface area contributed by atoms with Crippen molar-refractivity contribution >= 4 is 23.7 Å². The van der Waals surface area contributed by atoms with E-state index in [1.807, 2.05) is 6.08 Å². The highest BCUT2D eigenvalue weighted by atomic mass is 16.6. The number of ketones is 1. The molecule has 0 aromatic rings. The second kappa shape index (κ2) is 8.95. The molecular weight excluding hydrogens is 440 g/mol. The molecule has 8 nitrogen and oxygen atoms in total. The first kappa shape index (κ1) is 26.1. The Morgan fingerprint density at radius 2 is 1.62 bits per heavy atom. The Hall–Kier alpha value is -2.48. The zero-order valence-electron chi connectivity index (χ0n) is 21.0. The maximum atomic E-state index is 13.7. The second-order valence-electron chi connectivity index (χ2n) is 10.8. The molecule has 0 aromatic carbocycles. The number of allylic oxidation sites excluding steroid dienone is 1. The van der Waals surface area contributed by atoms with E-state index in [1.54, 1.807) is 13.8 Å². The maximum absolute atomic E-state index is 13.7. The molecule has 2 saturated carbocycles. The van der Waals surface area contributed by atoms with Crippen LogP contribution in [0, 0.1) is 29.1 Å². The van der Waals surface area contributed by atoms with Crippen LogP contribution >= 0.6 is 0 Å². The number of Topliss-reactive ketones (excluding diaryl/α,β-unsaturated/α-hetero) is 1. The molecule has 3 rings (SSSR count). The van der Waals surface area contributed by atoms with E-state index in [0.29, 0.717) is 12.0 Å². The van der Waals surface area contributed by atoms with E-state index < -0.39 is 59.4 Å². The summed E-state index contributed by atoms with van der Waals surface area (Å²) < 4.78 is 16.9. The molecule has 1 N–H and O–H groups in total. The molecule has 8 heteroatoms. The molecule has 0 aliphatic heterocycles. The fourth-order valence-corrected chi connectivity index (χ4v) is 6.12. The average Bonchev–Trinajstić information content (AvgIpc) is 3.08. The summed E-state index contributed by atoms with van der Waals surface area (Å²) >= 11 is 0. The van der Waals surface area contributed by atoms with Crippen LogP contribution in [0.4, 0.5) is 0 Å². The third kappa shape index (κ3) is 4.57. The quantitative estimate of drug-likeness (QED) is 0.375. The van der Waals surface area contributed by atoms with Gasteiger partial charge in [0.1, 0.15) is 23.9 Å². The van der Waals surface area contributed by atoms with Gasteiger partial charge in [0.15, 0.2) is 5.78 Å². The molecule has 0 unspecified atom stereocenters. The summed E-state index contributed by atoms with van der Waals surface area (Å²) in [6, 6.07) is 0. The molecule has 2 fully saturated rings. The first-order chi connectivity index (χ1) is 15.6. The molecule has 8 atom stereocenters. The SMILES string of the molecule is C=C1[C@H](OC(C)=O)C[C@H]2[C@@H](/C=C(\C)C(=O)[C@@]3(O)C[C@H](C)[C@H](OC(C)=O)[C@@H]3[C@H]1OC(C)=O)C2(C)C. The minimum Gasteiger partial charge on any atom is -0.462 e. The lowest BCUT2D eigenvalue weighted by Gasteiger charge is -2.38. The fraction of sp³-hybridized carbons (Fsp3) is 0.692. The van der Waals surface area contributed by atoms with Gasteiger partial charge in [0, 0.05) is 26.3 Å². The third-order valence-corrected chi connectivity index (χ3v) is 7.90. The second-order valence-corrected chi connectivity index (χ2v) is 10.8. The van der Waals surface area contributed by atoms with Gasteiger partial charge in [0.25, 0.3) is 0 Å². The molecule has 0 bridgehead atoms. The molecular formula is C26H36O8. The summed E-state index contributed by atoms with van der Waals surface area (Å²) in [6.45, 7) is 15.5. The van der Waals surface area contributed by atoms with Gasteiger partial charge < -0.3 is 19.3 Å². The van der Waals surface area contributed by atoms with Crippen molar-refractivity contribution in [3.63, 3.8) is 0 Å². The van der Waals surface area contributed by atoms with Crippen LogP contribution in [0.5, 0.6) is 0 Å². The van der Waals surface area contributed by atoms with Gasteiger partial charge in [-0.2, -0.15) is 0 Å². The van der Waals surface area contributed by atoms with Gasteiger partial charge in [-0.25, -0.2) is 0 Å². The first-order valence-electron chi connectivity index (χ1n) is 11.8. The first-order valence-corrected chi connectivity index (χ1v) is 11.8. The van der Waals surface area contributed by atoms with Gasteiger partial charge in [-0.05, 0) is 48.5 Å². The number of carbonyl (C=O) groups excluding carboxylic acids is 4. The number of hydrogen-bond donors (Lipinski definition) is 1. The van der Waals surface area contributed by atoms with E-state index in [2.05, 4.69) is 20.4 Å². The average molecular weight is 477 g/mol. The van der Waals surface area contributed by atoms with E-state index in [1.165, 1.54) is 20.8 Å². The molecule has 0 heterocycles. The highest BCUT2D eigenvalue weighted by molar-refractivity contribution is 6.02. The molecule has 0 saturated heterocycles. The molecule has 3 aliphatic carbocycles. The molecule has 0 aromatic heterocycles. The van der Waals surface area contributed by atoms with Crippen molar-refractivity contribution < 1.29 is 38.5 Å². The number of fused-ring (bicyclic) bond motifs is 2. The normalized spacial score (nSPS) is 40.6. The van der Waals surface area contributed by atoms with Crippen molar-refractivity contribution in [3.8, 4) is 0 Å². The highest BCUT2D eigenvalue weighted by Gasteiger charge is 2.64. The van der Waals surface area contributed by atoms with Crippen LogP contribution in [0.25, 0.3) is 0 Å². The third-order valence-electron chi connectivity index (χ3n) is 7.90. The summed E-state index contributed by atoms with van der Waals surface area (Å²) in [6.07, 6.45) is -0.617.